The van der Waals surface area contributed by atoms with Crippen LogP contribution in [-0.2, 0) is 24.3 Å². The van der Waals surface area contributed by atoms with Crippen LogP contribution in [0.15, 0.2) is 33.9 Å². The molecular weight excluding hydrogens is 336 g/mol. The zero-order valence-electron chi connectivity index (χ0n) is 14.1. The number of benzene rings is 1. The van der Waals surface area contributed by atoms with E-state index in [0.29, 0.717) is 36.3 Å². The van der Waals surface area contributed by atoms with E-state index in [4.69, 9.17) is 0 Å². The Labute approximate surface area is 148 Å². The third-order valence-electron chi connectivity index (χ3n) is 4.32. The van der Waals surface area contributed by atoms with E-state index >= 15 is 0 Å². The summed E-state index contributed by atoms with van der Waals surface area (Å²) in [6, 6.07) is 8.12. The fourth-order valence-electron chi connectivity index (χ4n) is 3.02. The molecule has 26 heavy (non-hydrogen) atoms. The van der Waals surface area contributed by atoms with Gasteiger partial charge in [-0.25, -0.2) is 9.36 Å². The topological polar surface area (TPSA) is 114 Å². The van der Waals surface area contributed by atoms with Crippen molar-refractivity contribution in [1.29, 1.82) is 5.26 Å². The number of rotatable bonds is 4. The Morgan fingerprint density at radius 2 is 1.92 bits per heavy atom. The smallest absolute Gasteiger partial charge is 0.325 e. The molecule has 0 saturated heterocycles. The van der Waals surface area contributed by atoms with Crippen LogP contribution in [0.2, 0.25) is 0 Å². The van der Waals surface area contributed by atoms with E-state index in [0.717, 1.165) is 4.57 Å². The first-order chi connectivity index (χ1) is 12.4. The Morgan fingerprint density at radius 1 is 1.23 bits per heavy atom. The molecule has 0 aliphatic carbocycles. The van der Waals surface area contributed by atoms with Gasteiger partial charge in [-0.2, -0.15) is 5.26 Å². The Bertz CT molecular complexity index is 1050. The third kappa shape index (κ3) is 3.07. The van der Waals surface area contributed by atoms with Crippen molar-refractivity contribution < 1.29 is 9.59 Å². The molecule has 1 aliphatic heterocycles. The van der Waals surface area contributed by atoms with Gasteiger partial charge in [-0.05, 0) is 44.0 Å². The molecule has 1 N–H and O–H groups in total. The molecule has 0 saturated carbocycles. The van der Waals surface area contributed by atoms with Gasteiger partial charge in [-0.3, -0.25) is 19.0 Å². The maximum Gasteiger partial charge on any atom is 0.331 e. The van der Waals surface area contributed by atoms with E-state index in [1.165, 1.54) is 11.5 Å². The van der Waals surface area contributed by atoms with Crippen molar-refractivity contribution in [2.24, 2.45) is 0 Å². The molecule has 3 rings (SSSR count). The van der Waals surface area contributed by atoms with Crippen molar-refractivity contribution in [2.45, 2.75) is 32.9 Å². The molecule has 1 aromatic heterocycles. The highest BCUT2D eigenvalue weighted by atomic mass is 16.2. The summed E-state index contributed by atoms with van der Waals surface area (Å²) in [5.41, 5.74) is -0.0134. The van der Waals surface area contributed by atoms with Gasteiger partial charge in [0.05, 0.1) is 0 Å². The molecular formula is C18H16N4O4. The summed E-state index contributed by atoms with van der Waals surface area (Å²) in [5.74, 6) is -0.660. The second kappa shape index (κ2) is 6.80. The molecule has 0 fully saturated rings. The first-order valence-electron chi connectivity index (χ1n) is 8.10. The predicted octanol–water partition coefficient (Wildman–Crippen LogP) is 0.669. The summed E-state index contributed by atoms with van der Waals surface area (Å²) in [4.78, 5) is 48.3. The lowest BCUT2D eigenvalue weighted by molar-refractivity contribution is -0.116. The lowest BCUT2D eigenvalue weighted by Crippen LogP contribution is -2.44. The molecule has 0 spiro atoms. The van der Waals surface area contributed by atoms with E-state index in [2.05, 4.69) is 5.32 Å². The van der Waals surface area contributed by atoms with Crippen LogP contribution >= 0.6 is 0 Å². The summed E-state index contributed by atoms with van der Waals surface area (Å²) in [6.07, 6.45) is 1.19. The maximum atomic E-state index is 12.5. The van der Waals surface area contributed by atoms with E-state index in [-0.39, 0.29) is 11.3 Å². The monoisotopic (exact) mass is 352 g/mol. The van der Waals surface area contributed by atoms with Gasteiger partial charge in [0.1, 0.15) is 18.2 Å². The molecule has 1 aromatic carbocycles. The Hall–Kier alpha value is -3.47. The Morgan fingerprint density at radius 3 is 2.54 bits per heavy atom. The quantitative estimate of drug-likeness (QED) is 0.812. The second-order valence-electron chi connectivity index (χ2n) is 6.04. The number of anilines is 1. The summed E-state index contributed by atoms with van der Waals surface area (Å²) in [6.45, 7) is 1.38. The highest BCUT2D eigenvalue weighted by Crippen LogP contribution is 2.13. The van der Waals surface area contributed by atoms with Crippen LogP contribution in [0.1, 0.15) is 35.0 Å². The number of nitrogens with zero attached hydrogens (tertiary/aromatic N) is 3. The number of aromatic nitrogens is 2. The first kappa shape index (κ1) is 17.4. The number of ketones is 1. The fourth-order valence-corrected chi connectivity index (χ4v) is 3.02. The van der Waals surface area contributed by atoms with E-state index < -0.39 is 23.7 Å². The van der Waals surface area contributed by atoms with Gasteiger partial charge in [0.15, 0.2) is 5.78 Å². The number of Topliss-reactive ketones (excluding diaryl/α,β-unsaturated/α-hetero) is 1. The van der Waals surface area contributed by atoms with Crippen molar-refractivity contribution in [2.75, 3.05) is 5.32 Å². The summed E-state index contributed by atoms with van der Waals surface area (Å²) in [7, 11) is 0. The van der Waals surface area contributed by atoms with E-state index in [9.17, 15) is 24.4 Å². The lowest BCUT2D eigenvalue weighted by atomic mass is 10.1. The molecule has 8 nitrogen and oxygen atoms in total. The number of nitriles is 1. The SMILES string of the molecule is CC(=O)c1ccc(NC(=O)Cn2c(=O)c(C#N)c3n(c2=O)CCC3)cc1. The summed E-state index contributed by atoms with van der Waals surface area (Å²) < 4.78 is 2.17. The van der Waals surface area contributed by atoms with E-state index in [1.807, 2.05) is 6.07 Å². The van der Waals surface area contributed by atoms with Crippen LogP contribution in [0.3, 0.4) is 0 Å². The molecule has 8 heteroatoms. The Kier molecular flexibility index (Phi) is 4.54. The number of carbonyl (C=O) groups is 2. The minimum Gasteiger partial charge on any atom is -0.325 e. The molecule has 0 unspecified atom stereocenters. The largest absolute Gasteiger partial charge is 0.331 e. The Balaban J connectivity index is 1.86. The highest BCUT2D eigenvalue weighted by molar-refractivity contribution is 5.95. The average Bonchev–Trinajstić information content (AvgIpc) is 3.09. The summed E-state index contributed by atoms with van der Waals surface area (Å²) >= 11 is 0. The van der Waals surface area contributed by atoms with Crippen LogP contribution in [0.4, 0.5) is 5.69 Å². The molecule has 1 aliphatic rings. The van der Waals surface area contributed by atoms with Gasteiger partial charge in [0.2, 0.25) is 5.91 Å². The minimum absolute atomic E-state index is 0.0827. The molecule has 1 amide bonds. The van der Waals surface area contributed by atoms with Crippen molar-refractivity contribution in [3.8, 4) is 6.07 Å². The van der Waals surface area contributed by atoms with E-state index in [1.54, 1.807) is 24.3 Å². The molecule has 2 aromatic rings. The van der Waals surface area contributed by atoms with Crippen LogP contribution in [0.5, 0.6) is 0 Å². The van der Waals surface area contributed by atoms with Gasteiger partial charge in [-0.1, -0.05) is 0 Å². The zero-order valence-corrected chi connectivity index (χ0v) is 14.1. The van der Waals surface area contributed by atoms with Gasteiger partial charge in [0, 0.05) is 23.5 Å². The molecule has 0 atom stereocenters. The van der Waals surface area contributed by atoms with Crippen LogP contribution in [-0.4, -0.2) is 20.8 Å². The van der Waals surface area contributed by atoms with Crippen molar-refractivity contribution in [3.63, 3.8) is 0 Å². The van der Waals surface area contributed by atoms with Crippen molar-refractivity contribution >= 4 is 17.4 Å². The predicted molar refractivity (Wildman–Crippen MR) is 93.1 cm³/mol. The average molecular weight is 352 g/mol. The minimum atomic E-state index is -0.743. The van der Waals surface area contributed by atoms with Crippen LogP contribution in [0.25, 0.3) is 0 Å². The molecule has 0 bridgehead atoms. The normalized spacial score (nSPS) is 12.3. The van der Waals surface area contributed by atoms with Gasteiger partial charge < -0.3 is 5.32 Å². The van der Waals surface area contributed by atoms with Crippen molar-refractivity contribution in [3.05, 3.63) is 61.9 Å². The number of hydrogen-bond acceptors (Lipinski definition) is 5. The molecule has 132 valence electrons. The standard InChI is InChI=1S/C18H16N4O4/c1-11(23)12-4-6-13(7-5-12)20-16(24)10-22-17(25)14(9-19)15-3-2-8-21(15)18(22)26/h4-7H,2-3,8,10H2,1H3,(H,20,24). The lowest BCUT2D eigenvalue weighted by Gasteiger charge is -2.11. The van der Waals surface area contributed by atoms with Gasteiger partial charge in [0.25, 0.3) is 5.56 Å². The molecule has 2 heterocycles. The van der Waals surface area contributed by atoms with Crippen LogP contribution in [0, 0.1) is 11.3 Å². The number of fused-ring (bicyclic) bond motifs is 1. The summed E-state index contributed by atoms with van der Waals surface area (Å²) in [5, 5.41) is 11.8. The number of carbonyl (C=O) groups excluding carboxylic acids is 2. The van der Waals surface area contributed by atoms with Gasteiger partial charge >= 0.3 is 5.69 Å². The fraction of sp³-hybridized carbons (Fsp3) is 0.278. The van der Waals surface area contributed by atoms with Crippen molar-refractivity contribution in [1.82, 2.24) is 9.13 Å². The van der Waals surface area contributed by atoms with Gasteiger partial charge in [-0.15, -0.1) is 0 Å². The first-order valence-corrected chi connectivity index (χ1v) is 8.10. The highest BCUT2D eigenvalue weighted by Gasteiger charge is 2.23. The van der Waals surface area contributed by atoms with Crippen LogP contribution < -0.4 is 16.6 Å². The number of amides is 1. The third-order valence-corrected chi connectivity index (χ3v) is 4.32. The molecule has 0 radical (unpaired) electrons. The number of nitrogens with one attached hydrogen (secondary N) is 1. The second-order valence-corrected chi connectivity index (χ2v) is 6.04. The maximum absolute atomic E-state index is 12.5. The zero-order chi connectivity index (χ0) is 18.8. The number of hydrogen-bond donors (Lipinski definition) is 1.